The first-order valence-corrected chi connectivity index (χ1v) is 31.2. The lowest BCUT2D eigenvalue weighted by Gasteiger charge is -2.46. The molecule has 0 aromatic carbocycles. The number of hydrogen-bond donors (Lipinski definition) is 9. The number of ether oxygens (including phenoxy) is 4. The summed E-state index contributed by atoms with van der Waals surface area (Å²) in [6.45, 7) is 2.74. The number of amides is 1. The van der Waals surface area contributed by atoms with Crippen LogP contribution in [0.2, 0.25) is 0 Å². The lowest BCUT2D eigenvalue weighted by Crippen LogP contribution is -2.65. The van der Waals surface area contributed by atoms with Crippen molar-refractivity contribution in [3.63, 3.8) is 0 Å². The van der Waals surface area contributed by atoms with E-state index in [2.05, 4.69) is 92.1 Å². The quantitative estimate of drug-likeness (QED) is 0.0204. The van der Waals surface area contributed by atoms with E-state index in [4.69, 9.17) is 18.9 Å². The number of hydrogen-bond acceptors (Lipinski definition) is 13. The number of aliphatic hydroxyl groups is 8. The minimum Gasteiger partial charge on any atom is -0.394 e. The third-order valence-electron chi connectivity index (χ3n) is 14.9. The van der Waals surface area contributed by atoms with Crippen LogP contribution in [0.4, 0.5) is 0 Å². The Morgan fingerprint density at radius 1 is 0.474 bits per heavy atom. The second kappa shape index (κ2) is 49.1. The van der Waals surface area contributed by atoms with Gasteiger partial charge in [-0.1, -0.05) is 234 Å². The summed E-state index contributed by atoms with van der Waals surface area (Å²) in [5.41, 5.74) is 0. The average Bonchev–Trinajstić information content (AvgIpc) is 3.47. The Morgan fingerprint density at radius 2 is 0.885 bits per heavy atom. The van der Waals surface area contributed by atoms with E-state index in [0.717, 1.165) is 96.3 Å². The Hall–Kier alpha value is -2.57. The van der Waals surface area contributed by atoms with Gasteiger partial charge >= 0.3 is 0 Å². The van der Waals surface area contributed by atoms with Gasteiger partial charge in [0.1, 0.15) is 48.8 Å². The van der Waals surface area contributed by atoms with Crippen molar-refractivity contribution in [3.8, 4) is 0 Å². The smallest absolute Gasteiger partial charge is 0.220 e. The highest BCUT2D eigenvalue weighted by atomic mass is 16.7. The van der Waals surface area contributed by atoms with Crippen molar-refractivity contribution in [2.75, 3.05) is 19.8 Å². The van der Waals surface area contributed by atoms with Gasteiger partial charge in [-0.2, -0.15) is 0 Å². The molecule has 0 aromatic rings. The van der Waals surface area contributed by atoms with Crippen molar-refractivity contribution >= 4 is 5.91 Å². The van der Waals surface area contributed by atoms with Crippen molar-refractivity contribution in [2.45, 2.75) is 306 Å². The van der Waals surface area contributed by atoms with Crippen LogP contribution in [-0.4, -0.2) is 140 Å². The van der Waals surface area contributed by atoms with E-state index in [1.165, 1.54) is 109 Å². The fourth-order valence-corrected chi connectivity index (χ4v) is 9.95. The van der Waals surface area contributed by atoms with E-state index in [1.54, 1.807) is 0 Å². The molecule has 2 fully saturated rings. The lowest BCUT2D eigenvalue weighted by atomic mass is 9.97. The van der Waals surface area contributed by atoms with Crippen LogP contribution in [0.1, 0.15) is 232 Å². The van der Waals surface area contributed by atoms with E-state index in [0.29, 0.717) is 12.8 Å². The van der Waals surface area contributed by atoms with Gasteiger partial charge in [-0.3, -0.25) is 4.79 Å². The molecule has 9 N–H and O–H groups in total. The monoisotopic (exact) mass is 1100 g/mol. The van der Waals surface area contributed by atoms with E-state index < -0.39 is 86.8 Å². The molecule has 14 nitrogen and oxygen atoms in total. The van der Waals surface area contributed by atoms with Crippen LogP contribution < -0.4 is 5.32 Å². The summed E-state index contributed by atoms with van der Waals surface area (Å²) in [4.78, 5) is 13.3. The molecule has 0 aromatic heterocycles. The summed E-state index contributed by atoms with van der Waals surface area (Å²) in [6, 6.07) is -0.832. The van der Waals surface area contributed by atoms with Gasteiger partial charge in [0.2, 0.25) is 5.91 Å². The molecule has 12 atom stereocenters. The number of rotatable bonds is 49. The van der Waals surface area contributed by atoms with Crippen LogP contribution in [0.25, 0.3) is 0 Å². The maximum Gasteiger partial charge on any atom is 0.220 e. The van der Waals surface area contributed by atoms with Crippen molar-refractivity contribution in [1.29, 1.82) is 0 Å². The summed E-state index contributed by atoms with van der Waals surface area (Å²) in [5, 5.41) is 87.2. The van der Waals surface area contributed by atoms with Gasteiger partial charge < -0.3 is 65.1 Å². The molecule has 12 unspecified atom stereocenters. The second-order valence-corrected chi connectivity index (χ2v) is 21.8. The number of carbonyl (C=O) groups excluding carboxylic acids is 1. The van der Waals surface area contributed by atoms with Crippen LogP contribution in [0, 0.1) is 0 Å². The number of nitrogens with one attached hydrogen (secondary N) is 1. The number of aliphatic hydroxyl groups excluding tert-OH is 8. The first-order valence-electron chi connectivity index (χ1n) is 31.2. The zero-order chi connectivity index (χ0) is 56.7. The Morgan fingerprint density at radius 3 is 1.36 bits per heavy atom. The van der Waals surface area contributed by atoms with Gasteiger partial charge in [0, 0.05) is 6.42 Å². The Balaban J connectivity index is 1.66. The highest BCUT2D eigenvalue weighted by Crippen LogP contribution is 2.30. The number of allylic oxidation sites excluding steroid dienone is 12. The molecule has 2 aliphatic rings. The minimum atomic E-state index is -1.78. The van der Waals surface area contributed by atoms with Crippen LogP contribution in [0.15, 0.2) is 72.9 Å². The maximum absolute atomic E-state index is 13.3. The summed E-state index contributed by atoms with van der Waals surface area (Å²) >= 11 is 0. The highest BCUT2D eigenvalue weighted by Gasteiger charge is 2.51. The molecule has 452 valence electrons. The molecule has 78 heavy (non-hydrogen) atoms. The van der Waals surface area contributed by atoms with Gasteiger partial charge in [-0.25, -0.2) is 0 Å². The molecule has 0 bridgehead atoms. The fourth-order valence-electron chi connectivity index (χ4n) is 9.95. The van der Waals surface area contributed by atoms with E-state index in [9.17, 15) is 45.6 Å². The third-order valence-corrected chi connectivity index (χ3v) is 14.9. The van der Waals surface area contributed by atoms with E-state index in [1.807, 2.05) is 0 Å². The zero-order valence-corrected chi connectivity index (χ0v) is 48.6. The lowest BCUT2D eigenvalue weighted by molar-refractivity contribution is -0.359. The largest absolute Gasteiger partial charge is 0.394 e. The predicted molar refractivity (Wildman–Crippen MR) is 313 cm³/mol. The van der Waals surface area contributed by atoms with E-state index in [-0.39, 0.29) is 12.5 Å². The topological polar surface area (TPSA) is 228 Å². The molecular weight excluding hydrogens is 991 g/mol. The molecule has 2 saturated heterocycles. The summed E-state index contributed by atoms with van der Waals surface area (Å²) in [7, 11) is 0. The highest BCUT2D eigenvalue weighted by molar-refractivity contribution is 5.76. The molecule has 2 rings (SSSR count). The van der Waals surface area contributed by atoms with E-state index >= 15 is 0 Å². The minimum absolute atomic E-state index is 0.211. The molecule has 14 heteroatoms. The Labute approximate surface area is 472 Å². The van der Waals surface area contributed by atoms with Crippen molar-refractivity contribution in [2.24, 2.45) is 0 Å². The first kappa shape index (κ1) is 71.5. The Bertz CT molecular complexity index is 1580. The SMILES string of the molecule is CC/C=C\C/C=C\C/C=C\C/C=C\C/C=C\C/C=C\CCCCCCCCCCCCCCC(=O)NC(COC1OC(CO)C(OC2OC(CO)C(O)C(O)C2O)C(O)C1O)C(O)CCCCCCCCCCCCCCC. The maximum atomic E-state index is 13.3. The summed E-state index contributed by atoms with van der Waals surface area (Å²) < 4.78 is 22.8. The number of carbonyl (C=O) groups is 1. The molecule has 1 amide bonds. The summed E-state index contributed by atoms with van der Waals surface area (Å²) in [6.07, 6.45) is 47.6. The van der Waals surface area contributed by atoms with Gasteiger partial charge in [0.25, 0.3) is 0 Å². The standard InChI is InChI=1S/C64H113NO13/c1-3-5-7-9-11-13-15-17-18-19-20-21-22-23-24-25-26-27-28-29-30-31-32-33-34-36-38-40-42-44-46-48-56(69)65-52(53(68)47-45-43-41-39-37-35-16-14-12-10-8-6-4-2)51-75-63-61(74)59(72)62(55(50-67)77-63)78-64-60(73)58(71)57(70)54(49-66)76-64/h5,7,11,13,17-18,20-21,23-24,26-27,52-55,57-64,66-68,70-74H,3-4,6,8-10,12,14-16,19,22,25,28-51H2,1-2H3,(H,65,69)/b7-5-,13-11-,18-17-,21-20-,24-23-,27-26-. The second-order valence-electron chi connectivity index (χ2n) is 21.8. The Kier molecular flexibility index (Phi) is 45.0. The fraction of sp³-hybridized carbons (Fsp3) is 0.797. The molecule has 2 aliphatic heterocycles. The van der Waals surface area contributed by atoms with Crippen LogP contribution >= 0.6 is 0 Å². The predicted octanol–water partition coefficient (Wildman–Crippen LogP) is 11.1. The third kappa shape index (κ3) is 34.0. The van der Waals surface area contributed by atoms with Crippen molar-refractivity contribution < 1.29 is 64.6 Å². The molecule has 2 heterocycles. The number of unbranched alkanes of at least 4 members (excludes halogenated alkanes) is 24. The van der Waals surface area contributed by atoms with Crippen molar-refractivity contribution in [1.82, 2.24) is 5.32 Å². The van der Waals surface area contributed by atoms with Crippen LogP contribution in [0.5, 0.6) is 0 Å². The van der Waals surface area contributed by atoms with Gasteiger partial charge in [-0.15, -0.1) is 0 Å². The van der Waals surface area contributed by atoms with Crippen molar-refractivity contribution in [3.05, 3.63) is 72.9 Å². The molecule has 0 radical (unpaired) electrons. The van der Waals surface area contributed by atoms with Gasteiger partial charge in [0.05, 0.1) is 32.0 Å². The first-order chi connectivity index (χ1) is 38.1. The zero-order valence-electron chi connectivity index (χ0n) is 48.6. The van der Waals surface area contributed by atoms with Gasteiger partial charge in [0.15, 0.2) is 12.6 Å². The van der Waals surface area contributed by atoms with Crippen LogP contribution in [-0.2, 0) is 23.7 Å². The van der Waals surface area contributed by atoms with Gasteiger partial charge in [-0.05, 0) is 64.2 Å². The molecule has 0 spiro atoms. The normalized spacial score (nSPS) is 25.1. The summed E-state index contributed by atoms with van der Waals surface area (Å²) in [5.74, 6) is -0.211. The molecule has 0 aliphatic carbocycles. The molecule has 0 saturated carbocycles. The molecular formula is C64H113NO13. The van der Waals surface area contributed by atoms with Crippen LogP contribution in [0.3, 0.4) is 0 Å². The average molecular weight is 1100 g/mol.